The highest BCUT2D eigenvalue weighted by molar-refractivity contribution is 8.00. The van der Waals surface area contributed by atoms with E-state index >= 15 is 0 Å². The van der Waals surface area contributed by atoms with E-state index in [2.05, 4.69) is 10.1 Å². The molecule has 3 rings (SSSR count). The van der Waals surface area contributed by atoms with Crippen LogP contribution in [-0.2, 0) is 16.2 Å². The van der Waals surface area contributed by atoms with E-state index in [0.29, 0.717) is 6.54 Å². The molecule has 0 saturated carbocycles. The van der Waals surface area contributed by atoms with Gasteiger partial charge in [0.2, 0.25) is 0 Å². The van der Waals surface area contributed by atoms with E-state index in [1.165, 1.54) is 6.33 Å². The number of aromatic nitrogens is 3. The second kappa shape index (κ2) is 4.61. The SMILES string of the molecule is Clc1ccc(C2(Cn3cncn3)OCCS2)s1. The van der Waals surface area contributed by atoms with Gasteiger partial charge in [-0.25, -0.2) is 9.67 Å². The smallest absolute Gasteiger partial charge is 0.168 e. The minimum Gasteiger partial charge on any atom is -0.356 e. The molecule has 2 aromatic heterocycles. The molecule has 17 heavy (non-hydrogen) atoms. The zero-order valence-electron chi connectivity index (χ0n) is 8.88. The molecule has 90 valence electrons. The molecular formula is C10H10ClN3OS2. The van der Waals surface area contributed by atoms with Crippen LogP contribution in [0.25, 0.3) is 0 Å². The first-order valence-electron chi connectivity index (χ1n) is 5.15. The van der Waals surface area contributed by atoms with Gasteiger partial charge in [0.15, 0.2) is 4.93 Å². The summed E-state index contributed by atoms with van der Waals surface area (Å²) in [7, 11) is 0. The van der Waals surface area contributed by atoms with Crippen molar-refractivity contribution in [3.63, 3.8) is 0 Å². The molecule has 1 atom stereocenters. The first kappa shape index (κ1) is 11.5. The third-order valence-electron chi connectivity index (χ3n) is 2.54. The molecule has 4 nitrogen and oxygen atoms in total. The summed E-state index contributed by atoms with van der Waals surface area (Å²) in [5.41, 5.74) is 0. The van der Waals surface area contributed by atoms with Crippen molar-refractivity contribution in [2.45, 2.75) is 11.5 Å². The molecule has 1 saturated heterocycles. The second-order valence-corrected chi connectivity index (χ2v) is 6.72. The molecule has 0 N–H and O–H groups in total. The number of halogens is 1. The summed E-state index contributed by atoms with van der Waals surface area (Å²) < 4.78 is 8.52. The van der Waals surface area contributed by atoms with Crippen molar-refractivity contribution in [3.05, 3.63) is 34.0 Å². The Balaban J connectivity index is 1.93. The van der Waals surface area contributed by atoms with Gasteiger partial charge in [-0.2, -0.15) is 5.10 Å². The monoisotopic (exact) mass is 287 g/mol. The van der Waals surface area contributed by atoms with Crippen molar-refractivity contribution in [2.75, 3.05) is 12.4 Å². The molecule has 0 aromatic carbocycles. The lowest BCUT2D eigenvalue weighted by Gasteiger charge is -2.25. The largest absolute Gasteiger partial charge is 0.356 e. The third-order valence-corrected chi connectivity index (χ3v) is 5.35. The summed E-state index contributed by atoms with van der Waals surface area (Å²) in [5.74, 6) is 0.990. The van der Waals surface area contributed by atoms with Gasteiger partial charge in [-0.15, -0.1) is 23.1 Å². The van der Waals surface area contributed by atoms with E-state index in [1.807, 2.05) is 12.1 Å². The predicted octanol–water partition coefficient (Wildman–Crippen LogP) is 2.61. The zero-order valence-corrected chi connectivity index (χ0v) is 11.3. The van der Waals surface area contributed by atoms with Crippen molar-refractivity contribution in [1.29, 1.82) is 0 Å². The van der Waals surface area contributed by atoms with Crippen LogP contribution in [0, 0.1) is 0 Å². The van der Waals surface area contributed by atoms with Gasteiger partial charge in [0.1, 0.15) is 12.7 Å². The first-order chi connectivity index (χ1) is 8.28. The zero-order chi connectivity index (χ0) is 11.7. The fraction of sp³-hybridized carbons (Fsp3) is 0.400. The predicted molar refractivity (Wildman–Crippen MR) is 69.4 cm³/mol. The molecule has 1 aliphatic heterocycles. The van der Waals surface area contributed by atoms with E-state index in [0.717, 1.165) is 21.6 Å². The molecule has 0 bridgehead atoms. The maximum absolute atomic E-state index is 6.00. The van der Waals surface area contributed by atoms with Crippen molar-refractivity contribution >= 4 is 34.7 Å². The number of thiophene rings is 1. The molecule has 0 aliphatic carbocycles. The topological polar surface area (TPSA) is 39.9 Å². The molecule has 2 aromatic rings. The lowest BCUT2D eigenvalue weighted by atomic mass is 10.3. The fourth-order valence-corrected chi connectivity index (χ4v) is 4.29. The minimum absolute atomic E-state index is 0.356. The highest BCUT2D eigenvalue weighted by Crippen LogP contribution is 2.46. The summed E-state index contributed by atoms with van der Waals surface area (Å²) in [5, 5.41) is 4.14. The lowest BCUT2D eigenvalue weighted by molar-refractivity contribution is 0.0357. The molecule has 0 radical (unpaired) electrons. The number of nitrogens with zero attached hydrogens (tertiary/aromatic N) is 3. The molecule has 0 amide bonds. The third kappa shape index (κ3) is 2.22. The molecule has 1 aliphatic rings. The van der Waals surface area contributed by atoms with Gasteiger partial charge in [0.05, 0.1) is 22.4 Å². The van der Waals surface area contributed by atoms with Crippen LogP contribution in [0.5, 0.6) is 0 Å². The van der Waals surface area contributed by atoms with Gasteiger partial charge in [0, 0.05) is 5.75 Å². The Morgan fingerprint density at radius 3 is 3.06 bits per heavy atom. The van der Waals surface area contributed by atoms with E-state index in [1.54, 1.807) is 34.1 Å². The average Bonchev–Trinajstić information content (AvgIpc) is 2.99. The van der Waals surface area contributed by atoms with Crippen molar-refractivity contribution in [2.24, 2.45) is 0 Å². The van der Waals surface area contributed by atoms with Crippen LogP contribution in [0.4, 0.5) is 0 Å². The number of hydrogen-bond acceptors (Lipinski definition) is 5. The molecule has 1 fully saturated rings. The van der Waals surface area contributed by atoms with Crippen LogP contribution in [0.15, 0.2) is 24.8 Å². The summed E-state index contributed by atoms with van der Waals surface area (Å²) >= 11 is 9.36. The van der Waals surface area contributed by atoms with Crippen molar-refractivity contribution in [1.82, 2.24) is 14.8 Å². The summed E-state index contributed by atoms with van der Waals surface area (Å²) in [6, 6.07) is 3.94. The minimum atomic E-state index is -0.356. The quantitative estimate of drug-likeness (QED) is 0.870. The van der Waals surface area contributed by atoms with Crippen LogP contribution in [0.2, 0.25) is 4.34 Å². The van der Waals surface area contributed by atoms with Gasteiger partial charge in [-0.05, 0) is 12.1 Å². The molecule has 3 heterocycles. The van der Waals surface area contributed by atoms with E-state index < -0.39 is 0 Å². The lowest BCUT2D eigenvalue weighted by Crippen LogP contribution is -2.27. The maximum Gasteiger partial charge on any atom is 0.168 e. The van der Waals surface area contributed by atoms with E-state index in [4.69, 9.17) is 16.3 Å². The Labute approximate surface area is 112 Å². The molecule has 1 unspecified atom stereocenters. The number of rotatable bonds is 3. The standard InChI is InChI=1S/C10H10ClN3OS2/c11-9-2-1-8(17-9)10(15-3-4-16-10)5-14-7-12-6-13-14/h1-2,6-7H,3-5H2. The Bertz CT molecular complexity index is 493. The van der Waals surface area contributed by atoms with Gasteiger partial charge in [-0.3, -0.25) is 0 Å². The first-order valence-corrected chi connectivity index (χ1v) is 7.33. The second-order valence-electron chi connectivity index (χ2n) is 3.65. The van der Waals surface area contributed by atoms with Crippen LogP contribution in [0.1, 0.15) is 4.88 Å². The molecule has 0 spiro atoms. The Hall–Kier alpha value is -0.560. The van der Waals surface area contributed by atoms with E-state index in [-0.39, 0.29) is 4.93 Å². The highest BCUT2D eigenvalue weighted by atomic mass is 35.5. The maximum atomic E-state index is 6.00. The van der Waals surface area contributed by atoms with Crippen molar-refractivity contribution in [3.8, 4) is 0 Å². The number of ether oxygens (including phenoxy) is 1. The van der Waals surface area contributed by atoms with Crippen LogP contribution < -0.4 is 0 Å². The summed E-state index contributed by atoms with van der Waals surface area (Å²) in [6.07, 6.45) is 3.24. The fourth-order valence-electron chi connectivity index (χ4n) is 1.81. The average molecular weight is 288 g/mol. The Morgan fingerprint density at radius 1 is 1.53 bits per heavy atom. The highest BCUT2D eigenvalue weighted by Gasteiger charge is 2.40. The number of hydrogen-bond donors (Lipinski definition) is 0. The summed E-state index contributed by atoms with van der Waals surface area (Å²) in [6.45, 7) is 1.42. The summed E-state index contributed by atoms with van der Waals surface area (Å²) in [4.78, 5) is 4.74. The molecular weight excluding hydrogens is 278 g/mol. The van der Waals surface area contributed by atoms with Gasteiger partial charge in [0.25, 0.3) is 0 Å². The van der Waals surface area contributed by atoms with Crippen LogP contribution in [-0.4, -0.2) is 27.1 Å². The Kier molecular flexibility index (Phi) is 3.12. The van der Waals surface area contributed by atoms with Gasteiger partial charge in [-0.1, -0.05) is 11.6 Å². The van der Waals surface area contributed by atoms with Gasteiger partial charge < -0.3 is 4.74 Å². The van der Waals surface area contributed by atoms with Crippen LogP contribution >= 0.6 is 34.7 Å². The normalized spacial score (nSPS) is 24.3. The van der Waals surface area contributed by atoms with Crippen LogP contribution in [0.3, 0.4) is 0 Å². The van der Waals surface area contributed by atoms with Gasteiger partial charge >= 0.3 is 0 Å². The Morgan fingerprint density at radius 2 is 2.47 bits per heavy atom. The van der Waals surface area contributed by atoms with E-state index in [9.17, 15) is 0 Å². The van der Waals surface area contributed by atoms with Crippen molar-refractivity contribution < 1.29 is 4.74 Å². The molecule has 7 heteroatoms. The number of thioether (sulfide) groups is 1.